The lowest BCUT2D eigenvalue weighted by Gasteiger charge is -2.12. The van der Waals surface area contributed by atoms with Crippen molar-refractivity contribution >= 4 is 16.7 Å². The summed E-state index contributed by atoms with van der Waals surface area (Å²) in [5, 5.41) is 0. The van der Waals surface area contributed by atoms with Crippen LogP contribution in [0.15, 0.2) is 30.7 Å². The molecule has 23 heavy (non-hydrogen) atoms. The molecule has 2 aromatic heterocycles. The lowest BCUT2D eigenvalue weighted by Crippen LogP contribution is -2.18. The lowest BCUT2D eigenvalue weighted by atomic mass is 10.2. The largest absolute Gasteiger partial charge is 0.406 e. The van der Waals surface area contributed by atoms with Crippen LogP contribution in [-0.2, 0) is 6.54 Å². The van der Waals surface area contributed by atoms with E-state index < -0.39 is 12.7 Å². The summed E-state index contributed by atoms with van der Waals surface area (Å²) in [6, 6.07) is 4.47. The van der Waals surface area contributed by atoms with Gasteiger partial charge in [0.25, 0.3) is 0 Å². The number of halogens is 3. The predicted molar refractivity (Wildman–Crippen MR) is 77.8 cm³/mol. The molecule has 0 radical (unpaired) electrons. The van der Waals surface area contributed by atoms with Gasteiger partial charge in [0.1, 0.15) is 18.7 Å². The van der Waals surface area contributed by atoms with Gasteiger partial charge in [-0.05, 0) is 19.1 Å². The Morgan fingerprint density at radius 3 is 2.74 bits per heavy atom. The van der Waals surface area contributed by atoms with Gasteiger partial charge in [-0.15, -0.1) is 0 Å². The molecular weight excluding hydrogens is 307 g/mol. The van der Waals surface area contributed by atoms with Crippen LogP contribution in [0.2, 0.25) is 0 Å². The van der Waals surface area contributed by atoms with Crippen LogP contribution in [0.3, 0.4) is 0 Å². The Morgan fingerprint density at radius 1 is 1.30 bits per heavy atom. The fourth-order valence-electron chi connectivity index (χ4n) is 2.34. The number of hydrogen-bond donors (Lipinski definition) is 0. The number of imidazole rings is 1. The molecule has 0 saturated carbocycles. The Labute approximate surface area is 129 Å². The molecule has 0 fully saturated rings. The van der Waals surface area contributed by atoms with Crippen LogP contribution < -0.4 is 0 Å². The highest BCUT2D eigenvalue weighted by Gasteiger charge is 2.31. The molecule has 0 aliphatic carbocycles. The van der Waals surface area contributed by atoms with Crippen molar-refractivity contribution in [3.8, 4) is 11.4 Å². The van der Waals surface area contributed by atoms with Crippen molar-refractivity contribution < 1.29 is 13.2 Å². The Morgan fingerprint density at radius 2 is 2.09 bits per heavy atom. The molecule has 0 bridgehead atoms. The maximum Gasteiger partial charge on any atom is 0.406 e. The molecule has 8 heteroatoms. The highest BCUT2D eigenvalue weighted by molar-refractivity contribution is 5.84. The van der Waals surface area contributed by atoms with Crippen molar-refractivity contribution in [2.24, 2.45) is 0 Å². The Hall–Kier alpha value is -2.95. The first-order valence-electron chi connectivity index (χ1n) is 6.60. The highest BCUT2D eigenvalue weighted by atomic mass is 19.4. The van der Waals surface area contributed by atoms with Crippen molar-refractivity contribution in [3.63, 3.8) is 0 Å². The lowest BCUT2D eigenvalue weighted by molar-refractivity contribution is -0.139. The van der Waals surface area contributed by atoms with Gasteiger partial charge in [0.2, 0.25) is 0 Å². The van der Waals surface area contributed by atoms with Crippen LogP contribution in [0.5, 0.6) is 0 Å². The molecular formula is C15H10F3N5. The molecule has 0 aliphatic heterocycles. The van der Waals surface area contributed by atoms with Gasteiger partial charge in [-0.1, -0.05) is 6.07 Å². The van der Waals surface area contributed by atoms with E-state index in [0.717, 1.165) is 4.57 Å². The smallest absolute Gasteiger partial charge is 0.316 e. The number of aryl methyl sites for hydroxylation is 1. The fourth-order valence-corrected chi connectivity index (χ4v) is 2.34. The first kappa shape index (κ1) is 15.0. The number of fused-ring (bicyclic) bond motifs is 1. The fraction of sp³-hybridized carbons (Fsp3) is 0.200. The Kier molecular flexibility index (Phi) is 3.48. The van der Waals surface area contributed by atoms with Gasteiger partial charge in [-0.3, -0.25) is 0 Å². The quantitative estimate of drug-likeness (QED) is 0.673. The standard InChI is InChI=1S/C15H10F3N5/c1-9-11(6-20-8-21-9)14-22-12-4-3-10(19-2)5-13(12)23(14)7-15(16,17)18/h3-6,8H,7H2,1H3. The summed E-state index contributed by atoms with van der Waals surface area (Å²) in [6.07, 6.45) is -1.65. The Bertz CT molecular complexity index is 921. The zero-order valence-electron chi connectivity index (χ0n) is 12.0. The van der Waals surface area contributed by atoms with Crippen LogP contribution in [0, 0.1) is 13.5 Å². The second kappa shape index (κ2) is 5.35. The third-order valence-corrected chi connectivity index (χ3v) is 3.35. The number of aromatic nitrogens is 4. The van der Waals surface area contributed by atoms with Crippen LogP contribution in [0.1, 0.15) is 5.69 Å². The van der Waals surface area contributed by atoms with E-state index in [-0.39, 0.29) is 17.0 Å². The molecule has 0 unspecified atom stereocenters. The first-order chi connectivity index (χ1) is 10.9. The number of rotatable bonds is 2. The molecule has 0 saturated heterocycles. The molecule has 5 nitrogen and oxygen atoms in total. The molecule has 0 N–H and O–H groups in total. The second-order valence-corrected chi connectivity index (χ2v) is 4.94. The molecule has 1 aromatic carbocycles. The molecule has 3 aromatic rings. The third kappa shape index (κ3) is 2.85. The van der Waals surface area contributed by atoms with Crippen molar-refractivity contribution in [3.05, 3.63) is 47.8 Å². The summed E-state index contributed by atoms with van der Waals surface area (Å²) >= 11 is 0. The van der Waals surface area contributed by atoms with Gasteiger partial charge in [0, 0.05) is 6.20 Å². The molecule has 2 heterocycles. The SMILES string of the molecule is [C-]#[N+]c1ccc2nc(-c3cncnc3C)n(CC(F)(F)F)c2c1. The third-order valence-electron chi connectivity index (χ3n) is 3.35. The van der Waals surface area contributed by atoms with Crippen molar-refractivity contribution in [2.75, 3.05) is 0 Å². The van der Waals surface area contributed by atoms with Gasteiger partial charge >= 0.3 is 6.18 Å². The Balaban J connectivity index is 2.31. The summed E-state index contributed by atoms with van der Waals surface area (Å²) in [4.78, 5) is 15.4. The minimum absolute atomic E-state index is 0.137. The monoisotopic (exact) mass is 317 g/mol. The van der Waals surface area contributed by atoms with E-state index in [0.29, 0.717) is 16.8 Å². The predicted octanol–water partition coefficient (Wildman–Crippen LogP) is 3.91. The number of alkyl halides is 3. The van der Waals surface area contributed by atoms with E-state index in [1.807, 2.05) is 0 Å². The zero-order chi connectivity index (χ0) is 16.6. The number of nitrogens with zero attached hydrogens (tertiary/aromatic N) is 5. The zero-order valence-corrected chi connectivity index (χ0v) is 12.0. The molecule has 3 rings (SSSR count). The number of benzene rings is 1. The van der Waals surface area contributed by atoms with E-state index in [4.69, 9.17) is 6.57 Å². The van der Waals surface area contributed by atoms with Crippen LogP contribution in [-0.4, -0.2) is 25.7 Å². The second-order valence-electron chi connectivity index (χ2n) is 4.94. The molecule has 0 atom stereocenters. The molecule has 0 spiro atoms. The molecule has 116 valence electrons. The van der Waals surface area contributed by atoms with Crippen LogP contribution in [0.4, 0.5) is 18.9 Å². The van der Waals surface area contributed by atoms with Gasteiger partial charge in [-0.25, -0.2) is 19.8 Å². The maximum absolute atomic E-state index is 13.0. The molecule has 0 aliphatic rings. The van der Waals surface area contributed by atoms with E-state index in [2.05, 4.69) is 19.8 Å². The van der Waals surface area contributed by atoms with E-state index >= 15 is 0 Å². The maximum atomic E-state index is 13.0. The topological polar surface area (TPSA) is 48.0 Å². The van der Waals surface area contributed by atoms with Gasteiger partial charge < -0.3 is 4.57 Å². The highest BCUT2D eigenvalue weighted by Crippen LogP contribution is 2.31. The number of hydrogen-bond acceptors (Lipinski definition) is 3. The van der Waals surface area contributed by atoms with Crippen molar-refractivity contribution in [1.29, 1.82) is 0 Å². The average molecular weight is 317 g/mol. The van der Waals surface area contributed by atoms with E-state index in [1.54, 1.807) is 6.92 Å². The summed E-state index contributed by atoms with van der Waals surface area (Å²) in [5.41, 5.74) is 1.86. The van der Waals surface area contributed by atoms with Crippen molar-refractivity contribution in [1.82, 2.24) is 19.5 Å². The van der Waals surface area contributed by atoms with Crippen LogP contribution >= 0.6 is 0 Å². The average Bonchev–Trinajstić information content (AvgIpc) is 2.83. The minimum Gasteiger partial charge on any atom is -0.316 e. The van der Waals surface area contributed by atoms with E-state index in [9.17, 15) is 13.2 Å². The summed E-state index contributed by atoms with van der Waals surface area (Å²) in [6.45, 7) is 7.51. The summed E-state index contributed by atoms with van der Waals surface area (Å²) in [5.74, 6) is 0.137. The van der Waals surface area contributed by atoms with Gasteiger partial charge in [-0.2, -0.15) is 13.2 Å². The van der Waals surface area contributed by atoms with Gasteiger partial charge in [0.15, 0.2) is 5.69 Å². The first-order valence-corrected chi connectivity index (χ1v) is 6.60. The minimum atomic E-state index is -4.42. The van der Waals surface area contributed by atoms with Crippen LogP contribution in [0.25, 0.3) is 27.3 Å². The van der Waals surface area contributed by atoms with Gasteiger partial charge in [0.05, 0.1) is 28.9 Å². The normalized spacial score (nSPS) is 11.6. The summed E-state index contributed by atoms with van der Waals surface area (Å²) in [7, 11) is 0. The van der Waals surface area contributed by atoms with E-state index in [1.165, 1.54) is 30.7 Å². The molecule has 0 amide bonds. The van der Waals surface area contributed by atoms with Crippen molar-refractivity contribution in [2.45, 2.75) is 19.6 Å². The summed E-state index contributed by atoms with van der Waals surface area (Å²) < 4.78 is 40.0.